The summed E-state index contributed by atoms with van der Waals surface area (Å²) in [6.07, 6.45) is 1.71. The molecule has 2 atom stereocenters. The summed E-state index contributed by atoms with van der Waals surface area (Å²) in [6.45, 7) is 5.11. The average Bonchev–Trinajstić information content (AvgIpc) is 3.08. The average molecular weight is 384 g/mol. The number of methoxy groups -OCH3 is 1. The molecule has 0 amide bonds. The smallest absolute Gasteiger partial charge is 0.315 e. The number of H-pyrrole nitrogens is 1. The Morgan fingerprint density at radius 1 is 1.43 bits per heavy atom. The normalized spacial score (nSPS) is 23.6. The van der Waals surface area contributed by atoms with Gasteiger partial charge < -0.3 is 19.6 Å². The lowest BCUT2D eigenvalue weighted by Gasteiger charge is -2.36. The number of pyridine rings is 1. The van der Waals surface area contributed by atoms with Gasteiger partial charge in [-0.05, 0) is 19.9 Å². The van der Waals surface area contributed by atoms with E-state index in [2.05, 4.69) is 9.88 Å². The highest BCUT2D eigenvalue weighted by Crippen LogP contribution is 2.52. The molecule has 0 saturated carbocycles. The van der Waals surface area contributed by atoms with Gasteiger partial charge in [-0.15, -0.1) is 0 Å². The Kier molecular flexibility index (Phi) is 4.42. The van der Waals surface area contributed by atoms with Gasteiger partial charge >= 0.3 is 5.97 Å². The maximum atomic E-state index is 12.3. The zero-order chi connectivity index (χ0) is 20.1. The van der Waals surface area contributed by atoms with Gasteiger partial charge in [0.05, 0.1) is 7.11 Å². The van der Waals surface area contributed by atoms with Gasteiger partial charge in [0.15, 0.2) is 16.9 Å². The number of nitrogens with one attached hydrogen (secondary N) is 1. The molecule has 1 aromatic carbocycles. The number of benzene rings is 1. The maximum Gasteiger partial charge on any atom is 0.315 e. The standard InChI is InChI=1S/C21H24N2O5/c1-12-7-22-16(13(2)18(12)24)9-23-8-15-14-5-4-6-17(27-3)19(14)28-11-21(15,10-23)20(25)26/h4-7,15H,8-11H2,1-3H3,(H,22,24)(H,25,26)/t15-,21-/m1/s1. The second kappa shape index (κ2) is 6.67. The first-order chi connectivity index (χ1) is 13.4. The van der Waals surface area contributed by atoms with Gasteiger partial charge in [0.1, 0.15) is 12.0 Å². The molecule has 2 aromatic rings. The Balaban J connectivity index is 1.70. The zero-order valence-electron chi connectivity index (χ0n) is 16.2. The number of aromatic amines is 1. The number of para-hydroxylation sites is 1. The van der Waals surface area contributed by atoms with Gasteiger partial charge in [-0.3, -0.25) is 14.5 Å². The van der Waals surface area contributed by atoms with Crippen molar-refractivity contribution in [1.29, 1.82) is 0 Å². The van der Waals surface area contributed by atoms with Crippen LogP contribution < -0.4 is 14.9 Å². The molecule has 1 aromatic heterocycles. The molecule has 1 fully saturated rings. The Hall–Kier alpha value is -2.80. The molecule has 148 valence electrons. The molecule has 7 heteroatoms. The van der Waals surface area contributed by atoms with E-state index in [1.165, 1.54) is 0 Å². The van der Waals surface area contributed by atoms with E-state index in [-0.39, 0.29) is 18.0 Å². The van der Waals surface area contributed by atoms with Crippen molar-refractivity contribution in [2.45, 2.75) is 26.3 Å². The summed E-state index contributed by atoms with van der Waals surface area (Å²) in [5.41, 5.74) is 2.05. The molecular formula is C21H24N2O5. The summed E-state index contributed by atoms with van der Waals surface area (Å²) in [4.78, 5) is 29.8. The zero-order valence-corrected chi connectivity index (χ0v) is 16.2. The molecule has 4 rings (SSSR count). The predicted molar refractivity (Wildman–Crippen MR) is 103 cm³/mol. The Morgan fingerprint density at radius 2 is 2.21 bits per heavy atom. The van der Waals surface area contributed by atoms with Crippen molar-refractivity contribution in [3.05, 3.63) is 57.0 Å². The minimum absolute atomic E-state index is 0.0247. The van der Waals surface area contributed by atoms with Crippen molar-refractivity contribution in [2.24, 2.45) is 5.41 Å². The van der Waals surface area contributed by atoms with Gasteiger partial charge in [0.25, 0.3) is 0 Å². The summed E-state index contributed by atoms with van der Waals surface area (Å²) < 4.78 is 11.3. The van der Waals surface area contributed by atoms with Crippen molar-refractivity contribution in [2.75, 3.05) is 26.8 Å². The molecule has 2 aliphatic heterocycles. The Bertz CT molecular complexity index is 999. The number of aryl methyl sites for hydroxylation is 1. The molecule has 0 spiro atoms. The highest BCUT2D eigenvalue weighted by atomic mass is 16.5. The molecule has 3 heterocycles. The number of carboxylic acids is 1. The van der Waals surface area contributed by atoms with E-state index in [4.69, 9.17) is 9.47 Å². The van der Waals surface area contributed by atoms with Crippen LogP contribution in [0.4, 0.5) is 0 Å². The first-order valence-electron chi connectivity index (χ1n) is 9.30. The summed E-state index contributed by atoms with van der Waals surface area (Å²) in [6, 6.07) is 5.60. The van der Waals surface area contributed by atoms with Gasteiger partial charge in [0.2, 0.25) is 0 Å². The van der Waals surface area contributed by atoms with E-state index in [1.807, 2.05) is 18.2 Å². The number of nitrogens with zero attached hydrogens (tertiary/aromatic N) is 1. The summed E-state index contributed by atoms with van der Waals surface area (Å²) in [5.74, 6) is 0.186. The fraction of sp³-hybridized carbons (Fsp3) is 0.429. The topological polar surface area (TPSA) is 91.9 Å². The molecule has 7 nitrogen and oxygen atoms in total. The number of fused-ring (bicyclic) bond motifs is 3. The van der Waals surface area contributed by atoms with E-state index in [0.717, 1.165) is 11.3 Å². The highest BCUT2D eigenvalue weighted by molar-refractivity contribution is 5.79. The van der Waals surface area contributed by atoms with Gasteiger partial charge in [-0.2, -0.15) is 0 Å². The molecule has 0 radical (unpaired) electrons. The lowest BCUT2D eigenvalue weighted by Crippen LogP contribution is -2.45. The number of hydrogen-bond acceptors (Lipinski definition) is 5. The second-order valence-electron chi connectivity index (χ2n) is 7.76. The number of likely N-dealkylation sites (tertiary alicyclic amines) is 1. The van der Waals surface area contributed by atoms with Gasteiger partial charge in [0, 0.05) is 54.1 Å². The van der Waals surface area contributed by atoms with E-state index >= 15 is 0 Å². The number of hydrogen-bond donors (Lipinski definition) is 2. The maximum absolute atomic E-state index is 12.3. The van der Waals surface area contributed by atoms with Crippen LogP contribution in [0.5, 0.6) is 11.5 Å². The predicted octanol–water partition coefficient (Wildman–Crippen LogP) is 2.06. The summed E-state index contributed by atoms with van der Waals surface area (Å²) in [5, 5.41) is 10.1. The van der Waals surface area contributed by atoms with Crippen LogP contribution >= 0.6 is 0 Å². The number of aromatic nitrogens is 1. The molecule has 0 aliphatic carbocycles. The Labute approximate surface area is 162 Å². The van der Waals surface area contributed by atoms with Crippen molar-refractivity contribution >= 4 is 5.97 Å². The van der Waals surface area contributed by atoms with Crippen LogP contribution in [-0.2, 0) is 11.3 Å². The summed E-state index contributed by atoms with van der Waals surface area (Å²) >= 11 is 0. The van der Waals surface area contributed by atoms with Crippen LogP contribution in [0.2, 0.25) is 0 Å². The number of carboxylic acid groups (broad SMARTS) is 1. The first kappa shape index (κ1) is 18.6. The van der Waals surface area contributed by atoms with Crippen LogP contribution in [0.25, 0.3) is 0 Å². The fourth-order valence-corrected chi connectivity index (χ4v) is 4.46. The highest BCUT2D eigenvalue weighted by Gasteiger charge is 2.56. The third kappa shape index (κ3) is 2.69. The molecular weight excluding hydrogens is 360 g/mol. The monoisotopic (exact) mass is 384 g/mol. The van der Waals surface area contributed by atoms with E-state index in [0.29, 0.717) is 42.3 Å². The molecule has 0 bridgehead atoms. The molecule has 1 saturated heterocycles. The van der Waals surface area contributed by atoms with Crippen molar-refractivity contribution < 1.29 is 19.4 Å². The molecule has 2 aliphatic rings. The van der Waals surface area contributed by atoms with Crippen LogP contribution in [-0.4, -0.2) is 47.8 Å². The van der Waals surface area contributed by atoms with Crippen LogP contribution in [0.1, 0.15) is 28.3 Å². The van der Waals surface area contributed by atoms with E-state index < -0.39 is 11.4 Å². The third-order valence-corrected chi connectivity index (χ3v) is 6.11. The largest absolute Gasteiger partial charge is 0.493 e. The summed E-state index contributed by atoms with van der Waals surface area (Å²) in [7, 11) is 1.58. The van der Waals surface area contributed by atoms with E-state index in [9.17, 15) is 14.7 Å². The first-order valence-corrected chi connectivity index (χ1v) is 9.30. The van der Waals surface area contributed by atoms with E-state index in [1.54, 1.807) is 27.2 Å². The van der Waals surface area contributed by atoms with Crippen molar-refractivity contribution in [1.82, 2.24) is 9.88 Å². The van der Waals surface area contributed by atoms with Crippen LogP contribution in [0.15, 0.2) is 29.2 Å². The minimum Gasteiger partial charge on any atom is -0.493 e. The SMILES string of the molecule is COc1cccc2c1OC[C@]1(C(=O)O)CN(Cc3[nH]cc(C)c(=O)c3C)C[C@H]21. The van der Waals surface area contributed by atoms with Crippen LogP contribution in [0.3, 0.4) is 0 Å². The van der Waals surface area contributed by atoms with Crippen molar-refractivity contribution in [3.63, 3.8) is 0 Å². The van der Waals surface area contributed by atoms with Gasteiger partial charge in [-0.1, -0.05) is 12.1 Å². The van der Waals surface area contributed by atoms with Gasteiger partial charge in [-0.25, -0.2) is 0 Å². The number of ether oxygens (including phenoxy) is 2. The second-order valence-corrected chi connectivity index (χ2v) is 7.76. The lowest BCUT2D eigenvalue weighted by atomic mass is 9.73. The number of carbonyl (C=O) groups is 1. The molecule has 28 heavy (non-hydrogen) atoms. The van der Waals surface area contributed by atoms with Crippen LogP contribution in [0, 0.1) is 19.3 Å². The number of aliphatic carboxylic acids is 1. The van der Waals surface area contributed by atoms with Crippen molar-refractivity contribution in [3.8, 4) is 11.5 Å². The minimum atomic E-state index is -1.02. The number of rotatable bonds is 4. The molecule has 2 N–H and O–H groups in total. The lowest BCUT2D eigenvalue weighted by molar-refractivity contribution is -0.152. The quantitative estimate of drug-likeness (QED) is 0.838. The Morgan fingerprint density at radius 3 is 2.93 bits per heavy atom. The third-order valence-electron chi connectivity index (χ3n) is 6.11. The molecule has 0 unspecified atom stereocenters. The fourth-order valence-electron chi connectivity index (χ4n) is 4.46.